The first-order chi connectivity index (χ1) is 13.3. The molecule has 1 aromatic carbocycles. The predicted octanol–water partition coefficient (Wildman–Crippen LogP) is 5.34. The highest BCUT2D eigenvalue weighted by molar-refractivity contribution is 7.10. The first-order valence-corrected chi connectivity index (χ1v) is 10.7. The molecule has 1 aliphatic rings. The molecule has 5 heteroatoms. The lowest BCUT2D eigenvalue weighted by Crippen LogP contribution is -2.37. The number of hydrogen-bond acceptors (Lipinski definition) is 3. The molecule has 2 heterocycles. The van der Waals surface area contributed by atoms with Crippen molar-refractivity contribution in [3.8, 4) is 0 Å². The fourth-order valence-corrected chi connectivity index (χ4v) is 5.31. The number of amides is 1. The van der Waals surface area contributed by atoms with Crippen molar-refractivity contribution in [2.45, 2.75) is 57.3 Å². The number of fused-ring (bicyclic) bond motifs is 1. The second kappa shape index (κ2) is 6.89. The molecule has 1 aliphatic carbocycles. The van der Waals surface area contributed by atoms with Gasteiger partial charge in [0.2, 0.25) is 11.5 Å². The number of aromatic amines is 1. The van der Waals surface area contributed by atoms with Crippen LogP contribution in [0.15, 0.2) is 46.6 Å². The van der Waals surface area contributed by atoms with Gasteiger partial charge in [-0.1, -0.05) is 45.7 Å². The van der Waals surface area contributed by atoms with Crippen LogP contribution in [0.2, 0.25) is 0 Å². The molecule has 4 nitrogen and oxygen atoms in total. The molecule has 0 saturated heterocycles. The van der Waals surface area contributed by atoms with Crippen LogP contribution in [0, 0.1) is 0 Å². The predicted molar refractivity (Wildman–Crippen MR) is 116 cm³/mol. The number of rotatable bonds is 3. The van der Waals surface area contributed by atoms with E-state index in [-0.39, 0.29) is 16.9 Å². The van der Waals surface area contributed by atoms with Gasteiger partial charge in [-0.3, -0.25) is 9.59 Å². The van der Waals surface area contributed by atoms with Crippen molar-refractivity contribution in [1.82, 2.24) is 4.98 Å². The molecule has 0 radical (unpaired) electrons. The molecule has 4 rings (SSSR count). The van der Waals surface area contributed by atoms with Crippen molar-refractivity contribution in [1.29, 1.82) is 0 Å². The van der Waals surface area contributed by atoms with Crippen LogP contribution >= 0.6 is 11.3 Å². The van der Waals surface area contributed by atoms with Gasteiger partial charge in [-0.15, -0.1) is 11.3 Å². The van der Waals surface area contributed by atoms with Crippen molar-refractivity contribution in [3.05, 3.63) is 62.6 Å². The summed E-state index contributed by atoms with van der Waals surface area (Å²) in [5.74, 6) is 0.0566. The van der Waals surface area contributed by atoms with Gasteiger partial charge in [-0.2, -0.15) is 0 Å². The third-order valence-electron chi connectivity index (χ3n) is 5.79. The Hall–Kier alpha value is -2.40. The zero-order valence-corrected chi connectivity index (χ0v) is 17.4. The van der Waals surface area contributed by atoms with Crippen molar-refractivity contribution in [2.75, 3.05) is 5.32 Å². The molecule has 0 spiro atoms. The van der Waals surface area contributed by atoms with Gasteiger partial charge in [0.15, 0.2) is 0 Å². The zero-order valence-electron chi connectivity index (χ0n) is 16.6. The first kappa shape index (κ1) is 18.9. The second-order valence-corrected chi connectivity index (χ2v) is 9.73. The third-order valence-corrected chi connectivity index (χ3v) is 6.87. The van der Waals surface area contributed by atoms with E-state index in [0.29, 0.717) is 0 Å². The van der Waals surface area contributed by atoms with E-state index in [9.17, 15) is 9.59 Å². The molecule has 2 N–H and O–H groups in total. The maximum Gasteiger partial charge on any atom is 0.248 e. The van der Waals surface area contributed by atoms with Gasteiger partial charge in [-0.25, -0.2) is 0 Å². The molecular weight excluding hydrogens is 368 g/mol. The normalized spacial score (nSPS) is 16.4. The Bertz CT molecular complexity index is 1070. The molecule has 0 bridgehead atoms. The fraction of sp³-hybridized carbons (Fsp3) is 0.391. The number of pyridine rings is 1. The second-order valence-electron chi connectivity index (χ2n) is 8.78. The number of H-pyrrole nitrogens is 1. The number of carbonyl (C=O) groups excluding carboxylic acids is 1. The highest BCUT2D eigenvalue weighted by Gasteiger charge is 2.43. The Morgan fingerprint density at radius 1 is 1.14 bits per heavy atom. The van der Waals surface area contributed by atoms with Crippen LogP contribution < -0.4 is 10.9 Å². The van der Waals surface area contributed by atoms with Crippen molar-refractivity contribution in [2.24, 2.45) is 0 Å². The summed E-state index contributed by atoms with van der Waals surface area (Å²) in [7, 11) is 0. The average Bonchev–Trinajstić information content (AvgIpc) is 3.32. The van der Waals surface area contributed by atoms with Crippen LogP contribution in [0.3, 0.4) is 0 Å². The van der Waals surface area contributed by atoms with Gasteiger partial charge in [0.05, 0.1) is 10.9 Å². The van der Waals surface area contributed by atoms with Gasteiger partial charge in [0.25, 0.3) is 0 Å². The van der Waals surface area contributed by atoms with Crippen molar-refractivity contribution < 1.29 is 4.79 Å². The molecule has 2 aromatic heterocycles. The summed E-state index contributed by atoms with van der Waals surface area (Å²) in [5, 5.41) is 6.18. The fourth-order valence-electron chi connectivity index (χ4n) is 4.32. The molecule has 1 amide bonds. The molecule has 0 atom stereocenters. The van der Waals surface area contributed by atoms with E-state index in [1.807, 2.05) is 29.6 Å². The van der Waals surface area contributed by atoms with E-state index in [4.69, 9.17) is 0 Å². The number of thiophene rings is 1. The van der Waals surface area contributed by atoms with Gasteiger partial charge >= 0.3 is 0 Å². The lowest BCUT2D eigenvalue weighted by Gasteiger charge is -2.27. The van der Waals surface area contributed by atoms with Crippen LogP contribution in [-0.2, 0) is 15.6 Å². The summed E-state index contributed by atoms with van der Waals surface area (Å²) in [5.41, 5.74) is 1.81. The molecule has 28 heavy (non-hydrogen) atoms. The Labute approximate surface area is 169 Å². The lowest BCUT2D eigenvalue weighted by molar-refractivity contribution is -0.121. The summed E-state index contributed by atoms with van der Waals surface area (Å²) >= 11 is 1.66. The van der Waals surface area contributed by atoms with E-state index < -0.39 is 5.41 Å². The number of aromatic nitrogens is 1. The maximum atomic E-state index is 13.3. The SMILES string of the molecule is CC(C)(C)c1cc(=O)[nH]c2cc(NC(=O)C3(c4cccs4)CCCC3)ccc12. The Morgan fingerprint density at radius 2 is 1.89 bits per heavy atom. The monoisotopic (exact) mass is 394 g/mol. The van der Waals surface area contributed by atoms with Gasteiger partial charge < -0.3 is 10.3 Å². The van der Waals surface area contributed by atoms with Gasteiger partial charge in [0, 0.05) is 22.0 Å². The Morgan fingerprint density at radius 3 is 2.54 bits per heavy atom. The molecule has 0 aliphatic heterocycles. The minimum absolute atomic E-state index is 0.0566. The minimum atomic E-state index is -0.427. The average molecular weight is 395 g/mol. The summed E-state index contributed by atoms with van der Waals surface area (Å²) in [6, 6.07) is 11.6. The molecule has 146 valence electrons. The number of hydrogen-bond donors (Lipinski definition) is 2. The van der Waals surface area contributed by atoms with Crippen molar-refractivity contribution >= 4 is 33.8 Å². The number of benzene rings is 1. The first-order valence-electron chi connectivity index (χ1n) is 9.83. The van der Waals surface area contributed by atoms with Crippen LogP contribution in [0.25, 0.3) is 10.9 Å². The summed E-state index contributed by atoms with van der Waals surface area (Å²) < 4.78 is 0. The summed E-state index contributed by atoms with van der Waals surface area (Å²) in [6.07, 6.45) is 3.92. The van der Waals surface area contributed by atoms with E-state index in [1.165, 1.54) is 0 Å². The number of anilines is 1. The van der Waals surface area contributed by atoms with E-state index >= 15 is 0 Å². The molecule has 1 saturated carbocycles. The standard InChI is InChI=1S/C23H26N2O2S/c1-22(2,3)17-14-20(26)25-18-13-15(8-9-16(17)18)24-21(27)23(10-4-5-11-23)19-7-6-12-28-19/h6-9,12-14H,4-5,10-11H2,1-3H3,(H,24,27)(H,25,26). The molecule has 1 fully saturated rings. The van der Waals surface area contributed by atoms with Gasteiger partial charge in [-0.05, 0) is 47.4 Å². The number of carbonyl (C=O) groups is 1. The third kappa shape index (κ3) is 3.28. The quantitative estimate of drug-likeness (QED) is 0.630. The van der Waals surface area contributed by atoms with Crippen LogP contribution in [0.1, 0.15) is 56.9 Å². The van der Waals surface area contributed by atoms with E-state index in [2.05, 4.69) is 37.1 Å². The Balaban J connectivity index is 1.70. The highest BCUT2D eigenvalue weighted by atomic mass is 32.1. The lowest BCUT2D eigenvalue weighted by atomic mass is 9.83. The van der Waals surface area contributed by atoms with Crippen LogP contribution in [0.5, 0.6) is 0 Å². The van der Waals surface area contributed by atoms with E-state index in [1.54, 1.807) is 17.4 Å². The van der Waals surface area contributed by atoms with E-state index in [0.717, 1.165) is 52.7 Å². The smallest absolute Gasteiger partial charge is 0.248 e. The van der Waals surface area contributed by atoms with Crippen LogP contribution in [-0.4, -0.2) is 10.9 Å². The number of nitrogens with one attached hydrogen (secondary N) is 2. The largest absolute Gasteiger partial charge is 0.325 e. The molecule has 0 unspecified atom stereocenters. The molecule has 3 aromatic rings. The maximum absolute atomic E-state index is 13.3. The molecular formula is C23H26N2O2S. The topological polar surface area (TPSA) is 62.0 Å². The summed E-state index contributed by atoms with van der Waals surface area (Å²) in [6.45, 7) is 6.30. The van der Waals surface area contributed by atoms with Crippen LogP contribution in [0.4, 0.5) is 5.69 Å². The van der Waals surface area contributed by atoms with Gasteiger partial charge in [0.1, 0.15) is 0 Å². The summed E-state index contributed by atoms with van der Waals surface area (Å²) in [4.78, 5) is 29.5. The highest BCUT2D eigenvalue weighted by Crippen LogP contribution is 2.44. The Kier molecular flexibility index (Phi) is 4.66. The zero-order chi connectivity index (χ0) is 19.9. The van der Waals surface area contributed by atoms with Crippen molar-refractivity contribution in [3.63, 3.8) is 0 Å². The minimum Gasteiger partial charge on any atom is -0.325 e.